The summed E-state index contributed by atoms with van der Waals surface area (Å²) < 4.78 is 27.4. The van der Waals surface area contributed by atoms with Gasteiger partial charge in [-0.05, 0) is 25.5 Å². The lowest BCUT2D eigenvalue weighted by atomic mass is 10.1. The first kappa shape index (κ1) is 21.6. The first-order chi connectivity index (χ1) is 12.3. The SMILES string of the molecule is CCCCC[C@H](C)NC(=O)C[NH+]1CCN(S(=O)(=O)c2ccc(Cl)s2)CC1. The summed E-state index contributed by atoms with van der Waals surface area (Å²) in [5.41, 5.74) is 0. The van der Waals surface area contributed by atoms with Crippen molar-refractivity contribution in [1.82, 2.24) is 9.62 Å². The second kappa shape index (κ2) is 10.0. The number of quaternary nitrogens is 1. The van der Waals surface area contributed by atoms with Gasteiger partial charge in [-0.15, -0.1) is 11.3 Å². The lowest BCUT2D eigenvalue weighted by Gasteiger charge is -2.31. The first-order valence-corrected chi connectivity index (χ1v) is 11.8. The predicted octanol–water partition coefficient (Wildman–Crippen LogP) is 1.38. The van der Waals surface area contributed by atoms with Gasteiger partial charge in [0.2, 0.25) is 0 Å². The number of halogens is 1. The largest absolute Gasteiger partial charge is 0.349 e. The number of hydrogen-bond donors (Lipinski definition) is 2. The molecule has 26 heavy (non-hydrogen) atoms. The molecular formula is C17H29ClN3O3S2+. The summed E-state index contributed by atoms with van der Waals surface area (Å²) in [5, 5.41) is 3.05. The molecule has 0 aliphatic carbocycles. The molecule has 148 valence electrons. The van der Waals surface area contributed by atoms with Crippen LogP contribution >= 0.6 is 22.9 Å². The molecule has 2 N–H and O–H groups in total. The monoisotopic (exact) mass is 422 g/mol. The van der Waals surface area contributed by atoms with Crippen LogP contribution in [0.25, 0.3) is 0 Å². The maximum atomic E-state index is 12.6. The third-order valence-electron chi connectivity index (χ3n) is 4.63. The number of carbonyl (C=O) groups excluding carboxylic acids is 1. The summed E-state index contributed by atoms with van der Waals surface area (Å²) in [7, 11) is -3.47. The summed E-state index contributed by atoms with van der Waals surface area (Å²) in [6.07, 6.45) is 4.51. The van der Waals surface area contributed by atoms with Gasteiger partial charge in [-0.3, -0.25) is 4.79 Å². The zero-order valence-corrected chi connectivity index (χ0v) is 17.9. The fourth-order valence-corrected chi connectivity index (χ4v) is 6.19. The van der Waals surface area contributed by atoms with E-state index in [4.69, 9.17) is 11.6 Å². The third kappa shape index (κ3) is 6.20. The highest BCUT2D eigenvalue weighted by molar-refractivity contribution is 7.91. The van der Waals surface area contributed by atoms with Gasteiger partial charge in [0.1, 0.15) is 4.21 Å². The number of unbranched alkanes of at least 4 members (excludes halogenated alkanes) is 2. The number of carbonyl (C=O) groups is 1. The van der Waals surface area contributed by atoms with Crippen LogP contribution in [0.3, 0.4) is 0 Å². The molecule has 0 aromatic carbocycles. The number of nitrogens with zero attached hydrogens (tertiary/aromatic N) is 1. The Kier molecular flexibility index (Phi) is 8.35. The number of amides is 1. The highest BCUT2D eigenvalue weighted by Crippen LogP contribution is 2.27. The topological polar surface area (TPSA) is 70.9 Å². The van der Waals surface area contributed by atoms with Crippen LogP contribution in [0.2, 0.25) is 4.34 Å². The van der Waals surface area contributed by atoms with E-state index in [-0.39, 0.29) is 16.2 Å². The van der Waals surface area contributed by atoms with Crippen LogP contribution in [0.5, 0.6) is 0 Å². The van der Waals surface area contributed by atoms with Crippen molar-refractivity contribution in [3.63, 3.8) is 0 Å². The third-order valence-corrected chi connectivity index (χ3v) is 8.23. The highest BCUT2D eigenvalue weighted by Gasteiger charge is 2.32. The molecule has 1 aliphatic heterocycles. The van der Waals surface area contributed by atoms with Gasteiger partial charge < -0.3 is 10.2 Å². The molecule has 1 aliphatic rings. The van der Waals surface area contributed by atoms with Gasteiger partial charge in [-0.25, -0.2) is 8.42 Å². The molecule has 1 atom stereocenters. The van der Waals surface area contributed by atoms with Crippen LogP contribution < -0.4 is 10.2 Å². The number of sulfonamides is 1. The molecule has 9 heteroatoms. The summed E-state index contributed by atoms with van der Waals surface area (Å²) in [6.45, 7) is 6.72. The van der Waals surface area contributed by atoms with Crippen molar-refractivity contribution in [3.8, 4) is 0 Å². The Hall–Kier alpha value is -0.670. The Morgan fingerprint density at radius 3 is 2.62 bits per heavy atom. The second-order valence-electron chi connectivity index (χ2n) is 6.85. The maximum absolute atomic E-state index is 12.6. The molecule has 1 amide bonds. The van der Waals surface area contributed by atoms with Crippen LogP contribution in [0.15, 0.2) is 16.3 Å². The molecule has 1 saturated heterocycles. The molecule has 2 rings (SSSR count). The van der Waals surface area contributed by atoms with Crippen LogP contribution in [0, 0.1) is 0 Å². The van der Waals surface area contributed by atoms with Crippen molar-refractivity contribution in [1.29, 1.82) is 0 Å². The van der Waals surface area contributed by atoms with E-state index in [0.717, 1.165) is 29.1 Å². The smallest absolute Gasteiger partial charge is 0.275 e. The first-order valence-electron chi connectivity index (χ1n) is 9.21. The predicted molar refractivity (Wildman–Crippen MR) is 105 cm³/mol. The highest BCUT2D eigenvalue weighted by atomic mass is 35.5. The Morgan fingerprint density at radius 2 is 2.04 bits per heavy atom. The minimum Gasteiger partial charge on any atom is -0.349 e. The Bertz CT molecular complexity index is 685. The van der Waals surface area contributed by atoms with Gasteiger partial charge in [0.15, 0.2) is 6.54 Å². The van der Waals surface area contributed by atoms with Crippen LogP contribution in [0.1, 0.15) is 39.5 Å². The van der Waals surface area contributed by atoms with Crippen molar-refractivity contribution in [3.05, 3.63) is 16.5 Å². The van der Waals surface area contributed by atoms with Gasteiger partial charge in [-0.2, -0.15) is 4.31 Å². The summed E-state index contributed by atoms with van der Waals surface area (Å²) in [4.78, 5) is 13.3. The molecule has 0 bridgehead atoms. The molecule has 1 aromatic rings. The Balaban J connectivity index is 1.77. The van der Waals surface area contributed by atoms with Crippen molar-refractivity contribution in [2.24, 2.45) is 0 Å². The van der Waals surface area contributed by atoms with E-state index in [1.165, 1.54) is 17.1 Å². The molecule has 0 radical (unpaired) electrons. The number of hydrogen-bond acceptors (Lipinski definition) is 4. The number of rotatable bonds is 9. The number of thiophene rings is 1. The molecule has 2 heterocycles. The molecular weight excluding hydrogens is 394 g/mol. The van der Waals surface area contributed by atoms with Gasteiger partial charge in [0.05, 0.1) is 30.5 Å². The van der Waals surface area contributed by atoms with Crippen molar-refractivity contribution >= 4 is 38.9 Å². The van der Waals surface area contributed by atoms with E-state index in [1.807, 2.05) is 6.92 Å². The quantitative estimate of drug-likeness (QED) is 0.590. The molecule has 6 nitrogen and oxygen atoms in total. The lowest BCUT2D eigenvalue weighted by Crippen LogP contribution is -3.15. The summed E-state index contributed by atoms with van der Waals surface area (Å²) >= 11 is 6.93. The minimum absolute atomic E-state index is 0.0466. The van der Waals surface area contributed by atoms with E-state index in [9.17, 15) is 13.2 Å². The van der Waals surface area contributed by atoms with Crippen LogP contribution in [-0.4, -0.2) is 57.4 Å². The van der Waals surface area contributed by atoms with Gasteiger partial charge >= 0.3 is 0 Å². The summed E-state index contributed by atoms with van der Waals surface area (Å²) in [5.74, 6) is 0.0466. The Labute approximate surface area is 165 Å². The number of piperazine rings is 1. The van der Waals surface area contributed by atoms with E-state index >= 15 is 0 Å². The van der Waals surface area contributed by atoms with E-state index in [1.54, 1.807) is 12.1 Å². The molecule has 1 aromatic heterocycles. The summed E-state index contributed by atoms with van der Waals surface area (Å²) in [6, 6.07) is 3.35. The Morgan fingerprint density at radius 1 is 1.35 bits per heavy atom. The average molecular weight is 423 g/mol. The van der Waals surface area contributed by atoms with Gasteiger partial charge in [0, 0.05) is 6.04 Å². The van der Waals surface area contributed by atoms with Crippen molar-refractivity contribution in [2.45, 2.75) is 49.8 Å². The fraction of sp³-hybridized carbons (Fsp3) is 0.706. The lowest BCUT2D eigenvalue weighted by molar-refractivity contribution is -0.895. The molecule has 0 saturated carbocycles. The second-order valence-corrected chi connectivity index (χ2v) is 10.7. The van der Waals surface area contributed by atoms with E-state index < -0.39 is 10.0 Å². The van der Waals surface area contributed by atoms with E-state index in [0.29, 0.717) is 37.1 Å². The van der Waals surface area contributed by atoms with Crippen molar-refractivity contribution in [2.75, 3.05) is 32.7 Å². The fourth-order valence-electron chi connectivity index (χ4n) is 3.11. The molecule has 1 fully saturated rings. The maximum Gasteiger partial charge on any atom is 0.275 e. The zero-order valence-electron chi connectivity index (χ0n) is 15.5. The van der Waals surface area contributed by atoms with Crippen molar-refractivity contribution < 1.29 is 18.1 Å². The number of nitrogens with one attached hydrogen (secondary N) is 2. The van der Waals surface area contributed by atoms with Crippen LogP contribution in [0.4, 0.5) is 0 Å². The zero-order chi connectivity index (χ0) is 19.2. The van der Waals surface area contributed by atoms with Crippen LogP contribution in [-0.2, 0) is 14.8 Å². The minimum atomic E-state index is -3.47. The average Bonchev–Trinajstić information content (AvgIpc) is 3.03. The molecule has 0 spiro atoms. The van der Waals surface area contributed by atoms with E-state index in [2.05, 4.69) is 12.2 Å². The van der Waals surface area contributed by atoms with Gasteiger partial charge in [0.25, 0.3) is 15.9 Å². The van der Waals surface area contributed by atoms with Gasteiger partial charge in [-0.1, -0.05) is 37.8 Å². The standard InChI is InChI=1S/C17H28ClN3O3S2/c1-3-4-5-6-14(2)19-16(22)13-20-9-11-21(12-10-20)26(23,24)17-8-7-15(18)25-17/h7-8,14H,3-6,9-13H2,1-2H3,(H,19,22)/p+1/t14-/m0/s1. The molecule has 0 unspecified atom stereocenters. The normalized spacial score (nSPS) is 18.0.